The highest BCUT2D eigenvalue weighted by atomic mass is 16.4. The number of nitrogens with one attached hydrogen (secondary N) is 1. The van der Waals surface area contributed by atoms with Crippen molar-refractivity contribution >= 4 is 11.8 Å². The van der Waals surface area contributed by atoms with Crippen LogP contribution in [-0.2, 0) is 0 Å². The summed E-state index contributed by atoms with van der Waals surface area (Å²) in [7, 11) is 0. The Labute approximate surface area is 106 Å². The highest BCUT2D eigenvalue weighted by molar-refractivity contribution is 5.85. The molecule has 1 heterocycles. The molecule has 96 valence electrons. The van der Waals surface area contributed by atoms with E-state index in [-0.39, 0.29) is 5.69 Å². The van der Waals surface area contributed by atoms with Gasteiger partial charge in [-0.1, -0.05) is 12.5 Å². The minimum absolute atomic E-state index is 0.105. The number of aromatic carboxylic acids is 1. The number of pyridine rings is 1. The largest absolute Gasteiger partial charge is 0.477 e. The number of aromatic nitrogens is 1. The maximum atomic E-state index is 10.8. The van der Waals surface area contributed by atoms with Gasteiger partial charge >= 0.3 is 5.97 Å². The zero-order chi connectivity index (χ0) is 12.5. The van der Waals surface area contributed by atoms with E-state index in [2.05, 4.69) is 10.3 Å². The van der Waals surface area contributed by atoms with E-state index < -0.39 is 5.97 Å². The fourth-order valence-corrected chi connectivity index (χ4v) is 3.51. The summed E-state index contributed by atoms with van der Waals surface area (Å²) in [6.45, 7) is 0.928. The second-order valence-corrected chi connectivity index (χ2v) is 5.53. The Morgan fingerprint density at radius 3 is 2.94 bits per heavy atom. The van der Waals surface area contributed by atoms with Crippen LogP contribution in [0.2, 0.25) is 0 Å². The van der Waals surface area contributed by atoms with Gasteiger partial charge in [0.15, 0.2) is 5.69 Å². The summed E-state index contributed by atoms with van der Waals surface area (Å²) >= 11 is 0. The molecule has 4 heteroatoms. The fraction of sp³-hybridized carbons (Fsp3) is 0.571. The molecule has 2 bridgehead atoms. The third kappa shape index (κ3) is 2.19. The standard InChI is InChI=1S/C14H18N2O2/c17-14(18)12-2-1-3-13(16-12)15-8-11-7-9-4-5-10(11)6-9/h1-3,9-11H,4-8H2,(H,15,16)(H,17,18). The maximum absolute atomic E-state index is 10.8. The van der Waals surface area contributed by atoms with Gasteiger partial charge in [-0.25, -0.2) is 9.78 Å². The van der Waals surface area contributed by atoms with Crippen molar-refractivity contribution in [2.45, 2.75) is 25.7 Å². The van der Waals surface area contributed by atoms with E-state index in [1.165, 1.54) is 31.7 Å². The Kier molecular flexibility index (Phi) is 2.94. The molecule has 4 nitrogen and oxygen atoms in total. The van der Waals surface area contributed by atoms with Gasteiger partial charge in [-0.3, -0.25) is 0 Å². The fourth-order valence-electron chi connectivity index (χ4n) is 3.51. The molecule has 0 aromatic carbocycles. The molecule has 2 aliphatic rings. The Balaban J connectivity index is 1.60. The van der Waals surface area contributed by atoms with Gasteiger partial charge in [0, 0.05) is 6.54 Å². The Morgan fingerprint density at radius 1 is 1.39 bits per heavy atom. The van der Waals surface area contributed by atoms with E-state index in [0.717, 1.165) is 24.3 Å². The lowest BCUT2D eigenvalue weighted by atomic mass is 9.89. The molecule has 2 saturated carbocycles. The number of carbonyl (C=O) groups is 1. The molecule has 0 saturated heterocycles. The first kappa shape index (κ1) is 11.5. The SMILES string of the molecule is O=C(O)c1cccc(NCC2CC3CCC2C3)n1. The summed E-state index contributed by atoms with van der Waals surface area (Å²) in [5.74, 6) is 2.28. The van der Waals surface area contributed by atoms with Crippen LogP contribution in [0.15, 0.2) is 18.2 Å². The third-order valence-corrected chi connectivity index (χ3v) is 4.40. The first-order chi connectivity index (χ1) is 8.72. The van der Waals surface area contributed by atoms with Crippen molar-refractivity contribution in [3.05, 3.63) is 23.9 Å². The van der Waals surface area contributed by atoms with E-state index in [1.807, 2.05) is 6.07 Å². The average Bonchev–Trinajstić information content (AvgIpc) is 2.99. The first-order valence-corrected chi connectivity index (χ1v) is 6.66. The molecule has 2 N–H and O–H groups in total. The van der Waals surface area contributed by atoms with Gasteiger partial charge in [0.25, 0.3) is 0 Å². The quantitative estimate of drug-likeness (QED) is 0.857. The molecule has 3 atom stereocenters. The lowest BCUT2D eigenvalue weighted by molar-refractivity contribution is 0.0690. The average molecular weight is 246 g/mol. The second kappa shape index (κ2) is 4.59. The van der Waals surface area contributed by atoms with E-state index in [0.29, 0.717) is 5.82 Å². The minimum Gasteiger partial charge on any atom is -0.477 e. The number of carboxylic acids is 1. The number of carboxylic acid groups (broad SMARTS) is 1. The van der Waals surface area contributed by atoms with E-state index in [4.69, 9.17) is 5.11 Å². The summed E-state index contributed by atoms with van der Waals surface area (Å²) in [5.41, 5.74) is 0.105. The summed E-state index contributed by atoms with van der Waals surface area (Å²) < 4.78 is 0. The molecule has 3 unspecified atom stereocenters. The molecule has 0 spiro atoms. The first-order valence-electron chi connectivity index (χ1n) is 6.66. The molecule has 2 fully saturated rings. The zero-order valence-electron chi connectivity index (χ0n) is 10.3. The molecule has 1 aromatic heterocycles. The van der Waals surface area contributed by atoms with Crippen LogP contribution in [0.4, 0.5) is 5.82 Å². The lowest BCUT2D eigenvalue weighted by Gasteiger charge is -2.22. The summed E-state index contributed by atoms with van der Waals surface area (Å²) in [4.78, 5) is 14.9. The molecule has 0 amide bonds. The van der Waals surface area contributed by atoms with Crippen LogP contribution in [0.25, 0.3) is 0 Å². The Morgan fingerprint density at radius 2 is 2.28 bits per heavy atom. The van der Waals surface area contributed by atoms with Gasteiger partial charge in [0.05, 0.1) is 0 Å². The zero-order valence-corrected chi connectivity index (χ0v) is 10.3. The van der Waals surface area contributed by atoms with Crippen molar-refractivity contribution in [3.8, 4) is 0 Å². The summed E-state index contributed by atoms with van der Waals surface area (Å²) in [5, 5.41) is 12.2. The molecule has 0 radical (unpaired) electrons. The smallest absolute Gasteiger partial charge is 0.354 e. The van der Waals surface area contributed by atoms with Gasteiger partial charge in [-0.2, -0.15) is 0 Å². The van der Waals surface area contributed by atoms with E-state index >= 15 is 0 Å². The molecular formula is C14H18N2O2. The van der Waals surface area contributed by atoms with Crippen LogP contribution in [-0.4, -0.2) is 22.6 Å². The number of hydrogen-bond donors (Lipinski definition) is 2. The van der Waals surface area contributed by atoms with Crippen LogP contribution in [0, 0.1) is 17.8 Å². The number of nitrogens with zero attached hydrogens (tertiary/aromatic N) is 1. The topological polar surface area (TPSA) is 62.2 Å². The monoisotopic (exact) mass is 246 g/mol. The van der Waals surface area contributed by atoms with Crippen molar-refractivity contribution in [2.75, 3.05) is 11.9 Å². The summed E-state index contributed by atoms with van der Waals surface area (Å²) in [6.07, 6.45) is 5.51. The van der Waals surface area contributed by atoms with Crippen molar-refractivity contribution in [2.24, 2.45) is 17.8 Å². The van der Waals surface area contributed by atoms with Gasteiger partial charge in [-0.15, -0.1) is 0 Å². The number of rotatable bonds is 4. The Hall–Kier alpha value is -1.58. The van der Waals surface area contributed by atoms with Crippen molar-refractivity contribution in [1.82, 2.24) is 4.98 Å². The number of hydrogen-bond acceptors (Lipinski definition) is 3. The van der Waals surface area contributed by atoms with Crippen LogP contribution in [0.1, 0.15) is 36.2 Å². The number of anilines is 1. The lowest BCUT2D eigenvalue weighted by Crippen LogP contribution is -2.20. The van der Waals surface area contributed by atoms with Crippen LogP contribution in [0.3, 0.4) is 0 Å². The predicted molar refractivity (Wildman–Crippen MR) is 68.6 cm³/mol. The maximum Gasteiger partial charge on any atom is 0.354 e. The predicted octanol–water partition coefficient (Wildman–Crippen LogP) is 2.63. The Bertz CT molecular complexity index is 461. The molecular weight excluding hydrogens is 228 g/mol. The molecule has 3 rings (SSSR count). The van der Waals surface area contributed by atoms with Crippen LogP contribution < -0.4 is 5.32 Å². The van der Waals surface area contributed by atoms with Gasteiger partial charge in [0.2, 0.25) is 0 Å². The van der Waals surface area contributed by atoms with Crippen LogP contribution >= 0.6 is 0 Å². The molecule has 1 aromatic rings. The van der Waals surface area contributed by atoms with Crippen molar-refractivity contribution in [1.29, 1.82) is 0 Å². The second-order valence-electron chi connectivity index (χ2n) is 5.53. The van der Waals surface area contributed by atoms with Gasteiger partial charge in [-0.05, 0) is 49.1 Å². The molecule has 18 heavy (non-hydrogen) atoms. The van der Waals surface area contributed by atoms with Gasteiger partial charge < -0.3 is 10.4 Å². The number of fused-ring (bicyclic) bond motifs is 2. The summed E-state index contributed by atoms with van der Waals surface area (Å²) in [6, 6.07) is 5.09. The van der Waals surface area contributed by atoms with Crippen molar-refractivity contribution in [3.63, 3.8) is 0 Å². The molecule has 2 aliphatic carbocycles. The normalized spacial score (nSPS) is 29.4. The highest BCUT2D eigenvalue weighted by Gasteiger charge is 2.39. The van der Waals surface area contributed by atoms with Crippen LogP contribution in [0.5, 0.6) is 0 Å². The van der Waals surface area contributed by atoms with Crippen molar-refractivity contribution < 1.29 is 9.90 Å². The minimum atomic E-state index is -0.974. The molecule has 0 aliphatic heterocycles. The highest BCUT2D eigenvalue weighted by Crippen LogP contribution is 2.48. The van der Waals surface area contributed by atoms with E-state index in [9.17, 15) is 4.79 Å². The van der Waals surface area contributed by atoms with E-state index in [1.54, 1.807) is 6.07 Å². The van der Waals surface area contributed by atoms with Gasteiger partial charge in [0.1, 0.15) is 5.82 Å². The third-order valence-electron chi connectivity index (χ3n) is 4.40.